The van der Waals surface area contributed by atoms with E-state index in [1.165, 1.54) is 38.3 Å². The van der Waals surface area contributed by atoms with Gasteiger partial charge < -0.3 is 4.74 Å². The van der Waals surface area contributed by atoms with Crippen LogP contribution in [0.2, 0.25) is 0 Å². The van der Waals surface area contributed by atoms with Gasteiger partial charge in [-0.25, -0.2) is 8.42 Å². The molecule has 0 aliphatic rings. The van der Waals surface area contributed by atoms with Crippen molar-refractivity contribution in [3.05, 3.63) is 29.8 Å². The van der Waals surface area contributed by atoms with Gasteiger partial charge in [-0.1, -0.05) is 32.4 Å². The fourth-order valence-corrected chi connectivity index (χ4v) is 3.22. The summed E-state index contributed by atoms with van der Waals surface area (Å²) in [5, 5.41) is 0. The molecule has 0 saturated carbocycles. The van der Waals surface area contributed by atoms with Crippen molar-refractivity contribution in [1.82, 2.24) is 4.72 Å². The number of ether oxygens (including phenoxy) is 1. The predicted molar refractivity (Wildman–Crippen MR) is 82.0 cm³/mol. The van der Waals surface area contributed by atoms with Gasteiger partial charge in [0.2, 0.25) is 10.0 Å². The summed E-state index contributed by atoms with van der Waals surface area (Å²) < 4.78 is 31.9. The summed E-state index contributed by atoms with van der Waals surface area (Å²) >= 11 is 0. The van der Waals surface area contributed by atoms with E-state index in [-0.39, 0.29) is 16.6 Å². The maximum absolute atomic E-state index is 12.4. The van der Waals surface area contributed by atoms with E-state index >= 15 is 0 Å². The van der Waals surface area contributed by atoms with E-state index in [1.54, 1.807) is 6.92 Å². The Balaban J connectivity index is 3.14. The van der Waals surface area contributed by atoms with Crippen molar-refractivity contribution in [1.29, 1.82) is 0 Å². The first-order chi connectivity index (χ1) is 10.2. The molecule has 22 heavy (non-hydrogen) atoms. The molecule has 0 bridgehead atoms. The van der Waals surface area contributed by atoms with E-state index in [9.17, 15) is 18.0 Å². The van der Waals surface area contributed by atoms with E-state index < -0.39 is 22.0 Å². The predicted octanol–water partition coefficient (Wildman–Crippen LogP) is 1.76. The average molecular weight is 327 g/mol. The first-order valence-corrected chi connectivity index (χ1v) is 8.42. The van der Waals surface area contributed by atoms with Gasteiger partial charge in [0.05, 0.1) is 12.0 Å². The van der Waals surface area contributed by atoms with Crippen LogP contribution in [-0.4, -0.2) is 33.3 Å². The summed E-state index contributed by atoms with van der Waals surface area (Å²) in [5.74, 6) is -1.10. The lowest BCUT2D eigenvalue weighted by Gasteiger charge is -2.21. The number of benzene rings is 1. The maximum atomic E-state index is 12.4. The molecule has 0 heterocycles. The molecule has 122 valence electrons. The molecule has 0 spiro atoms. The number of nitrogens with one attached hydrogen (secondary N) is 1. The Morgan fingerprint density at radius 2 is 1.95 bits per heavy atom. The molecule has 2 atom stereocenters. The second-order valence-electron chi connectivity index (χ2n) is 5.09. The monoisotopic (exact) mass is 327 g/mol. The average Bonchev–Trinajstić information content (AvgIpc) is 2.51. The molecular formula is C15H21NO5S. The van der Waals surface area contributed by atoms with E-state index in [4.69, 9.17) is 0 Å². The second-order valence-corrected chi connectivity index (χ2v) is 6.81. The molecule has 0 radical (unpaired) electrons. The van der Waals surface area contributed by atoms with Gasteiger partial charge in [-0.2, -0.15) is 4.72 Å². The van der Waals surface area contributed by atoms with Gasteiger partial charge in [-0.3, -0.25) is 9.59 Å². The molecule has 0 fully saturated rings. The summed E-state index contributed by atoms with van der Waals surface area (Å²) in [6.45, 7) is 4.97. The number of carbonyl (C=O) groups excluding carboxylic acids is 2. The third-order valence-electron chi connectivity index (χ3n) is 3.50. The van der Waals surface area contributed by atoms with Crippen LogP contribution in [0.3, 0.4) is 0 Å². The molecule has 6 nitrogen and oxygen atoms in total. The molecule has 1 rings (SSSR count). The highest BCUT2D eigenvalue weighted by molar-refractivity contribution is 7.89. The summed E-state index contributed by atoms with van der Waals surface area (Å²) in [4.78, 5) is 23.1. The van der Waals surface area contributed by atoms with Crippen LogP contribution < -0.4 is 4.72 Å². The van der Waals surface area contributed by atoms with Crippen molar-refractivity contribution >= 4 is 21.8 Å². The molecular weight excluding hydrogens is 306 g/mol. The van der Waals surface area contributed by atoms with Gasteiger partial charge in [-0.15, -0.1) is 0 Å². The molecule has 1 N–H and O–H groups in total. The quantitative estimate of drug-likeness (QED) is 0.609. The molecule has 2 unspecified atom stereocenters. The number of hydrogen-bond donors (Lipinski definition) is 1. The molecule has 0 amide bonds. The maximum Gasteiger partial charge on any atom is 0.324 e. The van der Waals surface area contributed by atoms with Crippen molar-refractivity contribution in [3.8, 4) is 0 Å². The number of hydrogen-bond acceptors (Lipinski definition) is 5. The molecule has 0 saturated heterocycles. The Labute approximate surface area is 130 Å². The normalized spacial score (nSPS) is 14.2. The van der Waals surface area contributed by atoms with Crippen LogP contribution in [0.1, 0.15) is 37.6 Å². The molecule has 0 aliphatic carbocycles. The third-order valence-corrected chi connectivity index (χ3v) is 4.94. The summed E-state index contributed by atoms with van der Waals surface area (Å²) in [5.41, 5.74) is 0.293. The first-order valence-electron chi connectivity index (χ1n) is 6.94. The van der Waals surface area contributed by atoms with Gasteiger partial charge in [-0.05, 0) is 25.0 Å². The lowest BCUT2D eigenvalue weighted by atomic mass is 10.0. The lowest BCUT2D eigenvalue weighted by molar-refractivity contribution is -0.143. The van der Waals surface area contributed by atoms with Crippen LogP contribution >= 0.6 is 0 Å². The summed E-state index contributed by atoms with van der Waals surface area (Å²) in [6.07, 6.45) is 0.607. The van der Waals surface area contributed by atoms with Crippen molar-refractivity contribution in [3.63, 3.8) is 0 Å². The number of sulfonamides is 1. The fraction of sp³-hybridized carbons (Fsp3) is 0.467. The van der Waals surface area contributed by atoms with Crippen molar-refractivity contribution in [2.24, 2.45) is 5.92 Å². The lowest BCUT2D eigenvalue weighted by Crippen LogP contribution is -2.45. The van der Waals surface area contributed by atoms with Gasteiger partial charge in [0.25, 0.3) is 0 Å². The van der Waals surface area contributed by atoms with Crippen molar-refractivity contribution in [2.45, 2.75) is 38.1 Å². The number of Topliss-reactive ketones (excluding diaryl/α,β-unsaturated/α-hetero) is 1. The Morgan fingerprint density at radius 1 is 1.32 bits per heavy atom. The van der Waals surface area contributed by atoms with E-state index in [2.05, 4.69) is 9.46 Å². The summed E-state index contributed by atoms with van der Waals surface area (Å²) in [6, 6.07) is 4.71. The van der Waals surface area contributed by atoms with Crippen LogP contribution in [0.15, 0.2) is 29.2 Å². The Kier molecular flexibility index (Phi) is 6.25. The van der Waals surface area contributed by atoms with E-state index in [0.717, 1.165) is 0 Å². The Hall–Kier alpha value is -1.73. The third kappa shape index (κ3) is 4.38. The first kappa shape index (κ1) is 18.3. The van der Waals surface area contributed by atoms with Gasteiger partial charge in [0, 0.05) is 5.56 Å². The molecule has 7 heteroatoms. The summed E-state index contributed by atoms with van der Waals surface area (Å²) in [7, 11) is -2.72. The smallest absolute Gasteiger partial charge is 0.324 e. The highest BCUT2D eigenvalue weighted by atomic mass is 32.2. The molecule has 0 aliphatic heterocycles. The number of carbonyl (C=O) groups is 2. The Morgan fingerprint density at radius 3 is 2.45 bits per heavy atom. The SMILES string of the molecule is CCC(C)C(NS(=O)(=O)c1cccc(C(C)=O)c1)C(=O)OC. The highest BCUT2D eigenvalue weighted by Crippen LogP contribution is 2.16. The Bertz CT molecular complexity index is 654. The van der Waals surface area contributed by atoms with Crippen LogP contribution in [0.4, 0.5) is 0 Å². The number of rotatable bonds is 7. The zero-order valence-electron chi connectivity index (χ0n) is 13.1. The number of ketones is 1. The highest BCUT2D eigenvalue weighted by Gasteiger charge is 2.30. The van der Waals surface area contributed by atoms with Crippen molar-refractivity contribution in [2.75, 3.05) is 7.11 Å². The minimum Gasteiger partial charge on any atom is -0.468 e. The molecule has 0 aromatic heterocycles. The fourth-order valence-electron chi connectivity index (χ4n) is 1.88. The zero-order valence-corrected chi connectivity index (χ0v) is 13.9. The minimum atomic E-state index is -3.93. The standard InChI is InChI=1S/C15H21NO5S/c1-5-10(2)14(15(18)21-4)16-22(19,20)13-8-6-7-12(9-13)11(3)17/h6-10,14,16H,5H2,1-4H3. The minimum absolute atomic E-state index is 0.0580. The van der Waals surface area contributed by atoms with Gasteiger partial charge in [0.15, 0.2) is 5.78 Å². The topological polar surface area (TPSA) is 89.5 Å². The van der Waals surface area contributed by atoms with Gasteiger partial charge >= 0.3 is 5.97 Å². The number of methoxy groups -OCH3 is 1. The van der Waals surface area contributed by atoms with Crippen LogP contribution in [0.25, 0.3) is 0 Å². The zero-order chi connectivity index (χ0) is 16.9. The molecule has 1 aromatic carbocycles. The molecule has 1 aromatic rings. The second kappa shape index (κ2) is 7.51. The van der Waals surface area contributed by atoms with Gasteiger partial charge in [0.1, 0.15) is 6.04 Å². The number of esters is 1. The largest absolute Gasteiger partial charge is 0.468 e. The van der Waals surface area contributed by atoms with Crippen molar-refractivity contribution < 1.29 is 22.7 Å². The van der Waals surface area contributed by atoms with Crippen LogP contribution in [0, 0.1) is 5.92 Å². The van der Waals surface area contributed by atoms with Crippen LogP contribution in [0.5, 0.6) is 0 Å². The van der Waals surface area contributed by atoms with E-state index in [1.807, 2.05) is 6.92 Å². The van der Waals surface area contributed by atoms with Crippen LogP contribution in [-0.2, 0) is 19.6 Å². The van der Waals surface area contributed by atoms with E-state index in [0.29, 0.717) is 12.0 Å².